The summed E-state index contributed by atoms with van der Waals surface area (Å²) in [4.78, 5) is 0. The number of hydrogen-bond acceptors (Lipinski definition) is 4. The molecule has 0 aromatic heterocycles. The van der Waals surface area contributed by atoms with Crippen molar-refractivity contribution in [2.75, 3.05) is 27.9 Å². The van der Waals surface area contributed by atoms with Crippen LogP contribution in [0.15, 0.2) is 0 Å². The van der Waals surface area contributed by atoms with Crippen molar-refractivity contribution in [3.8, 4) is 0 Å². The van der Waals surface area contributed by atoms with Crippen LogP contribution < -0.4 is 0 Å². The van der Waals surface area contributed by atoms with E-state index in [0.717, 1.165) is 25.5 Å². The molecule has 0 aromatic rings. The van der Waals surface area contributed by atoms with Crippen LogP contribution in [0.2, 0.25) is 6.04 Å². The molecule has 1 aliphatic rings. The second-order valence-corrected chi connectivity index (χ2v) is 6.23. The fourth-order valence-electron chi connectivity index (χ4n) is 1.34. The maximum absolute atomic E-state index is 5.29. The van der Waals surface area contributed by atoms with Gasteiger partial charge in [-0.3, -0.25) is 0 Å². The molecular weight excluding hydrogens is 188 g/mol. The molecule has 1 fully saturated rings. The maximum Gasteiger partial charge on any atom is 0.500 e. The summed E-state index contributed by atoms with van der Waals surface area (Å²) in [6.45, 7) is 0.918. The fraction of sp³-hybridized carbons (Fsp3) is 1.00. The predicted molar refractivity (Wildman–Crippen MR) is 50.6 cm³/mol. The SMILES string of the molecule is CO[Si](CCCC1CO1)(OC)OC. The Balaban J connectivity index is 2.19. The highest BCUT2D eigenvalue weighted by Crippen LogP contribution is 2.21. The van der Waals surface area contributed by atoms with E-state index in [0.29, 0.717) is 6.10 Å². The molecule has 0 spiro atoms. The normalized spacial score (nSPS) is 21.9. The number of ether oxygens (including phenoxy) is 1. The molecule has 0 bridgehead atoms. The molecule has 0 radical (unpaired) electrons. The zero-order valence-electron chi connectivity index (χ0n) is 8.54. The van der Waals surface area contributed by atoms with Crippen LogP contribution in [0.1, 0.15) is 12.8 Å². The molecule has 1 atom stereocenters. The van der Waals surface area contributed by atoms with Crippen molar-refractivity contribution in [1.82, 2.24) is 0 Å². The molecule has 1 heterocycles. The van der Waals surface area contributed by atoms with Crippen molar-refractivity contribution < 1.29 is 18.0 Å². The van der Waals surface area contributed by atoms with Crippen LogP contribution in [-0.2, 0) is 18.0 Å². The van der Waals surface area contributed by atoms with Crippen molar-refractivity contribution in [2.24, 2.45) is 0 Å². The minimum atomic E-state index is -2.31. The van der Waals surface area contributed by atoms with Gasteiger partial charge in [0.2, 0.25) is 0 Å². The smallest absolute Gasteiger partial charge is 0.377 e. The van der Waals surface area contributed by atoms with E-state index < -0.39 is 8.80 Å². The highest BCUT2D eigenvalue weighted by molar-refractivity contribution is 6.60. The van der Waals surface area contributed by atoms with Gasteiger partial charge in [0, 0.05) is 27.4 Å². The van der Waals surface area contributed by atoms with Crippen LogP contribution in [0.5, 0.6) is 0 Å². The van der Waals surface area contributed by atoms with E-state index in [9.17, 15) is 0 Å². The lowest BCUT2D eigenvalue weighted by atomic mass is 10.3. The average Bonchev–Trinajstić information content (AvgIpc) is 2.97. The summed E-state index contributed by atoms with van der Waals surface area (Å²) in [7, 11) is 2.63. The lowest BCUT2D eigenvalue weighted by Gasteiger charge is -2.23. The van der Waals surface area contributed by atoms with E-state index in [2.05, 4.69) is 0 Å². The highest BCUT2D eigenvalue weighted by atomic mass is 28.4. The summed E-state index contributed by atoms with van der Waals surface area (Å²) < 4.78 is 21.0. The highest BCUT2D eigenvalue weighted by Gasteiger charge is 2.37. The van der Waals surface area contributed by atoms with Gasteiger partial charge in [-0.15, -0.1) is 0 Å². The van der Waals surface area contributed by atoms with Gasteiger partial charge < -0.3 is 18.0 Å². The van der Waals surface area contributed by atoms with Gasteiger partial charge in [-0.2, -0.15) is 0 Å². The molecule has 1 unspecified atom stereocenters. The lowest BCUT2D eigenvalue weighted by Crippen LogP contribution is -2.42. The Morgan fingerprint density at radius 1 is 1.23 bits per heavy atom. The zero-order chi connectivity index (χ0) is 9.73. The summed E-state index contributed by atoms with van der Waals surface area (Å²) in [6.07, 6.45) is 2.62. The second kappa shape index (κ2) is 5.07. The molecule has 0 aromatic carbocycles. The van der Waals surface area contributed by atoms with Gasteiger partial charge in [-0.1, -0.05) is 0 Å². The van der Waals surface area contributed by atoms with E-state index in [-0.39, 0.29) is 0 Å². The van der Waals surface area contributed by atoms with Crippen LogP contribution in [0.4, 0.5) is 0 Å². The van der Waals surface area contributed by atoms with Gasteiger partial charge in [0.25, 0.3) is 0 Å². The quantitative estimate of drug-likeness (QED) is 0.461. The molecule has 0 N–H and O–H groups in total. The molecule has 0 saturated carbocycles. The van der Waals surface area contributed by atoms with Crippen molar-refractivity contribution in [3.05, 3.63) is 0 Å². The largest absolute Gasteiger partial charge is 0.500 e. The molecular formula is C8H18O4Si. The molecule has 13 heavy (non-hydrogen) atoms. The van der Waals surface area contributed by atoms with E-state index in [1.807, 2.05) is 0 Å². The first-order valence-corrected chi connectivity index (χ1v) is 6.46. The third-order valence-corrected chi connectivity index (χ3v) is 5.18. The molecule has 1 rings (SSSR count). The summed E-state index contributed by atoms with van der Waals surface area (Å²) >= 11 is 0. The van der Waals surface area contributed by atoms with Crippen molar-refractivity contribution in [3.63, 3.8) is 0 Å². The Labute approximate surface area is 80.5 Å². The average molecular weight is 206 g/mol. The van der Waals surface area contributed by atoms with Crippen LogP contribution in [0.25, 0.3) is 0 Å². The molecule has 4 nitrogen and oxygen atoms in total. The molecule has 1 saturated heterocycles. The molecule has 0 aliphatic carbocycles. The van der Waals surface area contributed by atoms with Gasteiger partial charge in [0.15, 0.2) is 0 Å². The first-order valence-electron chi connectivity index (χ1n) is 4.53. The zero-order valence-corrected chi connectivity index (χ0v) is 9.54. The third-order valence-electron chi connectivity index (χ3n) is 2.34. The Kier molecular flexibility index (Phi) is 4.34. The topological polar surface area (TPSA) is 40.2 Å². The van der Waals surface area contributed by atoms with Crippen LogP contribution in [0.3, 0.4) is 0 Å². The van der Waals surface area contributed by atoms with Crippen LogP contribution in [0, 0.1) is 0 Å². The standard InChI is InChI=1S/C8H18O4Si/c1-9-13(10-2,11-3)6-4-5-8-7-12-8/h8H,4-7H2,1-3H3. The molecule has 1 aliphatic heterocycles. The fourth-order valence-corrected chi connectivity index (χ4v) is 3.09. The lowest BCUT2D eigenvalue weighted by molar-refractivity contribution is 0.122. The second-order valence-electron chi connectivity index (χ2n) is 3.14. The number of rotatable bonds is 7. The summed E-state index contributed by atoms with van der Waals surface area (Å²) in [6, 6.07) is 0.871. The van der Waals surface area contributed by atoms with E-state index in [1.165, 1.54) is 0 Å². The Hall–Kier alpha value is 0.0569. The third kappa shape index (κ3) is 3.36. The minimum Gasteiger partial charge on any atom is -0.377 e. The first kappa shape index (κ1) is 11.1. The van der Waals surface area contributed by atoms with Gasteiger partial charge in [-0.25, -0.2) is 0 Å². The van der Waals surface area contributed by atoms with Gasteiger partial charge in [0.05, 0.1) is 12.7 Å². The Bertz CT molecular complexity index is 137. The van der Waals surface area contributed by atoms with Gasteiger partial charge in [0.1, 0.15) is 0 Å². The van der Waals surface area contributed by atoms with Crippen LogP contribution in [-0.4, -0.2) is 42.8 Å². The minimum absolute atomic E-state index is 0.484. The maximum atomic E-state index is 5.29. The van der Waals surface area contributed by atoms with Crippen molar-refractivity contribution >= 4 is 8.80 Å². The van der Waals surface area contributed by atoms with E-state index in [4.69, 9.17) is 18.0 Å². The summed E-state index contributed by atoms with van der Waals surface area (Å²) in [5, 5.41) is 0. The Morgan fingerprint density at radius 2 is 1.77 bits per heavy atom. The predicted octanol–water partition coefficient (Wildman–Crippen LogP) is 1.04. The molecule has 0 amide bonds. The van der Waals surface area contributed by atoms with Gasteiger partial charge in [-0.05, 0) is 12.8 Å². The summed E-state index contributed by atoms with van der Waals surface area (Å²) in [5.41, 5.74) is 0. The first-order chi connectivity index (χ1) is 6.26. The van der Waals surface area contributed by atoms with Crippen LogP contribution >= 0.6 is 0 Å². The monoisotopic (exact) mass is 206 g/mol. The Morgan fingerprint density at radius 3 is 2.15 bits per heavy atom. The number of epoxide rings is 1. The molecule has 5 heteroatoms. The van der Waals surface area contributed by atoms with E-state index in [1.54, 1.807) is 21.3 Å². The van der Waals surface area contributed by atoms with Crippen molar-refractivity contribution in [1.29, 1.82) is 0 Å². The van der Waals surface area contributed by atoms with Gasteiger partial charge >= 0.3 is 8.80 Å². The van der Waals surface area contributed by atoms with Crippen molar-refractivity contribution in [2.45, 2.75) is 25.0 Å². The molecule has 78 valence electrons. The summed E-state index contributed by atoms with van der Waals surface area (Å²) in [5.74, 6) is 0. The van der Waals surface area contributed by atoms with E-state index >= 15 is 0 Å². The number of hydrogen-bond donors (Lipinski definition) is 0.